The molecule has 0 aliphatic carbocycles. The summed E-state index contributed by atoms with van der Waals surface area (Å²) >= 11 is 0. The largest absolute Gasteiger partial charge is 0.309 e. The van der Waals surface area contributed by atoms with Crippen LogP contribution in [0.5, 0.6) is 0 Å². The molecular weight excluding hydrogens is 1600 g/mol. The van der Waals surface area contributed by atoms with Crippen molar-refractivity contribution in [1.29, 1.82) is 0 Å². The second-order valence-corrected chi connectivity index (χ2v) is 34.0. The quantitative estimate of drug-likeness (QED) is 0.159. The monoisotopic (exact) mass is 1680 g/mol. The minimum Gasteiger partial charge on any atom is -0.309 e. The lowest BCUT2D eigenvalue weighted by molar-refractivity contribution is 1.13. The van der Waals surface area contributed by atoms with Gasteiger partial charge in [-0.2, -0.15) is 0 Å². The van der Waals surface area contributed by atoms with Gasteiger partial charge in [0, 0.05) is 87.4 Å². The van der Waals surface area contributed by atoms with Crippen molar-refractivity contribution < 1.29 is 0 Å². The van der Waals surface area contributed by atoms with Crippen molar-refractivity contribution in [3.8, 4) is 34.1 Å². The van der Waals surface area contributed by atoms with E-state index in [1.54, 1.807) is 0 Å². The number of fused-ring (bicyclic) bond motifs is 30. The van der Waals surface area contributed by atoms with E-state index in [-0.39, 0.29) is 0 Å². The molecule has 0 fully saturated rings. The van der Waals surface area contributed by atoms with E-state index in [9.17, 15) is 0 Å². The second kappa shape index (κ2) is 32.4. The smallest absolute Gasteiger partial charge is 0.0782 e. The van der Waals surface area contributed by atoms with E-state index in [1.165, 1.54) is 162 Å². The summed E-state index contributed by atoms with van der Waals surface area (Å²) in [6.07, 6.45) is 0. The van der Waals surface area contributed by atoms with E-state index in [0.717, 1.165) is 67.2 Å². The number of benzene rings is 21. The highest BCUT2D eigenvalue weighted by molar-refractivity contribution is 6.25. The van der Waals surface area contributed by atoms with E-state index < -0.39 is 0 Å². The third-order valence-electron chi connectivity index (χ3n) is 26.8. The summed E-state index contributed by atoms with van der Waals surface area (Å²) in [5, 5.41) is 29.5. The van der Waals surface area contributed by atoms with Gasteiger partial charge in [0.1, 0.15) is 0 Å². The molecule has 0 amide bonds. The van der Waals surface area contributed by atoms with Crippen LogP contribution in [0.3, 0.4) is 0 Å². The minimum absolute atomic E-state index is 1.12. The molecule has 0 atom stereocenters. The van der Waals surface area contributed by atoms with Crippen LogP contribution >= 0.6 is 0 Å². The van der Waals surface area contributed by atoms with Crippen molar-refractivity contribution in [3.05, 3.63) is 510 Å². The Morgan fingerprint density at radius 3 is 0.636 bits per heavy atom. The Bertz CT molecular complexity index is 9200. The molecule has 0 saturated heterocycles. The highest BCUT2D eigenvalue weighted by atomic mass is 15.1. The van der Waals surface area contributed by atoms with Crippen LogP contribution in [0.4, 0.5) is 0 Å². The Morgan fingerprint density at radius 1 is 0.0985 bits per heavy atom. The molecule has 6 heteroatoms. The average Bonchev–Trinajstić information content (AvgIpc) is 1.56. The fraction of sp³-hybridized carbons (Fsp3) is 0. The molecule has 6 heterocycles. The van der Waals surface area contributed by atoms with Gasteiger partial charge in [-0.3, -0.25) is 0 Å². The van der Waals surface area contributed by atoms with E-state index in [4.69, 9.17) is 0 Å². The van der Waals surface area contributed by atoms with Crippen LogP contribution in [-0.2, 0) is 0 Å². The molecule has 0 radical (unpaired) electrons. The lowest BCUT2D eigenvalue weighted by atomic mass is 10.0. The average molecular weight is 1680 g/mol. The summed E-state index contributed by atoms with van der Waals surface area (Å²) in [4.78, 5) is 0. The zero-order chi connectivity index (χ0) is 87.1. The van der Waals surface area contributed by atoms with E-state index in [1.807, 2.05) is 0 Å². The summed E-state index contributed by atoms with van der Waals surface area (Å²) in [6, 6.07) is 185. The summed E-state index contributed by atoms with van der Waals surface area (Å²) in [5.74, 6) is 0. The fourth-order valence-corrected chi connectivity index (χ4v) is 21.3. The first-order chi connectivity index (χ1) is 65.6. The summed E-state index contributed by atoms with van der Waals surface area (Å²) in [6.45, 7) is 0. The Balaban J connectivity index is 0.000000106. The van der Waals surface area contributed by atoms with Gasteiger partial charge in [0.25, 0.3) is 0 Å². The molecule has 0 N–H and O–H groups in total. The normalized spacial score (nSPS) is 11.6. The first-order valence-corrected chi connectivity index (χ1v) is 45.4. The van der Waals surface area contributed by atoms with Crippen LogP contribution < -0.4 is 0 Å². The van der Waals surface area contributed by atoms with Crippen molar-refractivity contribution in [2.24, 2.45) is 0 Å². The zero-order valence-corrected chi connectivity index (χ0v) is 72.2. The molecular formula is C126H84N6. The Kier molecular flexibility index (Phi) is 18.8. The lowest BCUT2D eigenvalue weighted by Gasteiger charge is -2.17. The standard InChI is InChI=1S/3C42H28N2/c1-2-15-29(16-3-1)43-38-25-11-10-23-36(38)37-24-14-28-41(42(37)43)44-39-26-12-8-21-34(39)32-19-6-4-17-30(32)31-18-5-7-20-33(31)35-22-9-13-27-40(35)44;1-2-15-29(16-3-1)43-39-26-13-10-23-36(39)42-40(43)27-14-28-41(42)44-37-24-11-8-21-34(37)32-19-6-4-17-30(32)31-18-5-7-20-33(31)35-22-9-12-25-38(35)44;1-2-14-29(15-3-1)43-41-25-13-10-22-37(41)38-27-26-30(28-42(38)43)44-39-23-11-8-20-35(39)33-18-6-4-16-31(33)32-17-5-7-19-34(32)36-21-9-12-24-40(36)44/h3*1-28H. The SMILES string of the molecule is c1ccc(-n2c3ccccc3c3c(-n4c5ccccc5c5ccccc5c5ccccc5c5ccccc54)cccc32)cc1.c1ccc(-n2c3ccccc3c3ccc(-n4c5ccccc5c5ccccc5c5ccccc5c5ccccc54)cc32)cc1.c1ccc(-n2c3ccccc3c3cccc(-n4c5ccccc5c5ccccc5c5ccccc5c5ccccc54)c32)cc1. The first-order valence-electron chi connectivity index (χ1n) is 45.4. The van der Waals surface area contributed by atoms with Gasteiger partial charge in [-0.05, 0) is 186 Å². The molecule has 0 unspecified atom stereocenters. The number of rotatable bonds is 6. The molecule has 0 aliphatic rings. The van der Waals surface area contributed by atoms with E-state index in [0.29, 0.717) is 0 Å². The van der Waals surface area contributed by atoms with Crippen LogP contribution in [0.25, 0.3) is 230 Å². The van der Waals surface area contributed by atoms with Gasteiger partial charge in [-0.1, -0.05) is 388 Å². The van der Waals surface area contributed by atoms with Gasteiger partial charge in [0.15, 0.2) is 0 Å². The van der Waals surface area contributed by atoms with Crippen molar-refractivity contribution in [3.63, 3.8) is 0 Å². The third kappa shape index (κ3) is 12.6. The van der Waals surface area contributed by atoms with Crippen LogP contribution in [0.1, 0.15) is 0 Å². The molecule has 6 nitrogen and oxygen atoms in total. The molecule has 0 bridgehead atoms. The predicted molar refractivity (Wildman–Crippen MR) is 563 cm³/mol. The number of aromatic nitrogens is 6. The topological polar surface area (TPSA) is 29.6 Å². The first kappa shape index (κ1) is 76.8. The Labute approximate surface area is 761 Å². The molecule has 21 aromatic carbocycles. The minimum atomic E-state index is 1.12. The maximum atomic E-state index is 2.49. The molecule has 0 aliphatic heterocycles. The highest BCUT2D eigenvalue weighted by Crippen LogP contribution is 2.45. The van der Waals surface area contributed by atoms with Crippen LogP contribution in [0.15, 0.2) is 510 Å². The summed E-state index contributed by atoms with van der Waals surface area (Å²) < 4.78 is 14.7. The maximum Gasteiger partial charge on any atom is 0.0782 e. The van der Waals surface area contributed by atoms with Crippen molar-refractivity contribution in [2.45, 2.75) is 0 Å². The van der Waals surface area contributed by atoms with Gasteiger partial charge in [0.05, 0.1) is 77.6 Å². The Morgan fingerprint density at radius 2 is 0.295 bits per heavy atom. The predicted octanol–water partition coefficient (Wildman–Crippen LogP) is 33.9. The van der Waals surface area contributed by atoms with Crippen LogP contribution in [0.2, 0.25) is 0 Å². The zero-order valence-electron chi connectivity index (χ0n) is 72.2. The van der Waals surface area contributed by atoms with Crippen LogP contribution in [-0.4, -0.2) is 27.4 Å². The molecule has 0 saturated carbocycles. The lowest BCUT2D eigenvalue weighted by Crippen LogP contribution is -2.02. The second-order valence-electron chi connectivity index (χ2n) is 34.0. The number of nitrogens with zero attached hydrogens (tertiary/aromatic N) is 6. The van der Waals surface area contributed by atoms with Gasteiger partial charge in [-0.25, -0.2) is 0 Å². The number of hydrogen-bond acceptors (Lipinski definition) is 0. The van der Waals surface area contributed by atoms with E-state index in [2.05, 4.69) is 537 Å². The molecule has 27 rings (SSSR count). The molecule has 618 valence electrons. The summed E-state index contributed by atoms with van der Waals surface area (Å²) in [5.41, 5.74) is 21.0. The summed E-state index contributed by atoms with van der Waals surface area (Å²) in [7, 11) is 0. The maximum absolute atomic E-state index is 2.49. The number of hydrogen-bond donors (Lipinski definition) is 0. The molecule has 132 heavy (non-hydrogen) atoms. The van der Waals surface area contributed by atoms with Crippen molar-refractivity contribution in [1.82, 2.24) is 27.4 Å². The van der Waals surface area contributed by atoms with Gasteiger partial charge >= 0.3 is 0 Å². The fourth-order valence-electron chi connectivity index (χ4n) is 21.3. The highest BCUT2D eigenvalue weighted by Gasteiger charge is 2.24. The molecule has 6 aromatic heterocycles. The Hall–Kier alpha value is -17.6. The van der Waals surface area contributed by atoms with Gasteiger partial charge in [-0.15, -0.1) is 0 Å². The number of para-hydroxylation sites is 13. The third-order valence-corrected chi connectivity index (χ3v) is 26.8. The molecule has 0 spiro atoms. The van der Waals surface area contributed by atoms with Gasteiger partial charge < -0.3 is 27.4 Å². The van der Waals surface area contributed by atoms with Crippen molar-refractivity contribution >= 4 is 195 Å². The van der Waals surface area contributed by atoms with Gasteiger partial charge in [0.2, 0.25) is 0 Å². The van der Waals surface area contributed by atoms with Crippen LogP contribution in [0, 0.1) is 0 Å². The van der Waals surface area contributed by atoms with E-state index >= 15 is 0 Å². The van der Waals surface area contributed by atoms with Crippen molar-refractivity contribution in [2.75, 3.05) is 0 Å². The molecule has 27 aromatic rings.